The molecule has 2 aromatic carbocycles. The summed E-state index contributed by atoms with van der Waals surface area (Å²) in [6.07, 6.45) is 0. The SMILES string of the molecule is CN(C)S(=O)(=O)c1cccc(NC(=O)COC(=O)c2cc(Br)ccc2O)c1. The maximum absolute atomic E-state index is 12.1. The predicted octanol–water partition coefficient (Wildman–Crippen LogP) is 2.20. The van der Waals surface area contributed by atoms with Gasteiger partial charge in [0.15, 0.2) is 6.61 Å². The van der Waals surface area contributed by atoms with Crippen LogP contribution in [0.25, 0.3) is 0 Å². The zero-order valence-electron chi connectivity index (χ0n) is 14.5. The number of benzene rings is 2. The van der Waals surface area contributed by atoms with Gasteiger partial charge in [0, 0.05) is 24.3 Å². The van der Waals surface area contributed by atoms with Gasteiger partial charge in [-0.15, -0.1) is 0 Å². The Bertz CT molecular complexity index is 975. The number of sulfonamides is 1. The van der Waals surface area contributed by atoms with E-state index in [4.69, 9.17) is 4.74 Å². The molecule has 2 aromatic rings. The van der Waals surface area contributed by atoms with Crippen LogP contribution < -0.4 is 5.32 Å². The van der Waals surface area contributed by atoms with Gasteiger partial charge in [0.05, 0.1) is 4.90 Å². The van der Waals surface area contributed by atoms with Crippen molar-refractivity contribution in [3.05, 3.63) is 52.5 Å². The van der Waals surface area contributed by atoms with Crippen LogP contribution in [0.3, 0.4) is 0 Å². The lowest BCUT2D eigenvalue weighted by Gasteiger charge is -2.13. The van der Waals surface area contributed by atoms with Crippen LogP contribution in [0.4, 0.5) is 5.69 Å². The van der Waals surface area contributed by atoms with Crippen LogP contribution in [0.5, 0.6) is 5.75 Å². The first-order valence-corrected chi connectivity index (χ1v) is 9.82. The monoisotopic (exact) mass is 456 g/mol. The molecule has 27 heavy (non-hydrogen) atoms. The van der Waals surface area contributed by atoms with E-state index in [1.807, 2.05) is 0 Å². The van der Waals surface area contributed by atoms with Crippen LogP contribution in [-0.4, -0.2) is 50.4 Å². The summed E-state index contributed by atoms with van der Waals surface area (Å²) in [7, 11) is -0.841. The molecule has 0 unspecified atom stereocenters. The maximum atomic E-state index is 12.1. The van der Waals surface area contributed by atoms with Gasteiger partial charge in [0.25, 0.3) is 5.91 Å². The molecular formula is C17H17BrN2O6S. The molecule has 0 atom stereocenters. The summed E-state index contributed by atoms with van der Waals surface area (Å²) in [6, 6.07) is 9.93. The Morgan fingerprint density at radius 2 is 1.89 bits per heavy atom. The van der Waals surface area contributed by atoms with E-state index in [0.29, 0.717) is 4.47 Å². The molecule has 144 valence electrons. The van der Waals surface area contributed by atoms with Crippen LogP contribution >= 0.6 is 15.9 Å². The van der Waals surface area contributed by atoms with E-state index in [-0.39, 0.29) is 21.9 Å². The molecule has 2 N–H and O–H groups in total. The highest BCUT2D eigenvalue weighted by Gasteiger charge is 2.18. The number of halogens is 1. The fraction of sp³-hybridized carbons (Fsp3) is 0.176. The molecule has 0 aromatic heterocycles. The lowest BCUT2D eigenvalue weighted by molar-refractivity contribution is -0.119. The maximum Gasteiger partial charge on any atom is 0.342 e. The van der Waals surface area contributed by atoms with Crippen molar-refractivity contribution in [1.29, 1.82) is 0 Å². The van der Waals surface area contributed by atoms with Gasteiger partial charge in [-0.25, -0.2) is 17.5 Å². The number of phenolic OH excluding ortho intramolecular Hbond substituents is 1. The first-order chi connectivity index (χ1) is 12.6. The van der Waals surface area contributed by atoms with Crippen molar-refractivity contribution in [2.75, 3.05) is 26.0 Å². The molecule has 0 aliphatic rings. The van der Waals surface area contributed by atoms with Crippen molar-refractivity contribution in [3.63, 3.8) is 0 Å². The third-order valence-electron chi connectivity index (χ3n) is 3.41. The van der Waals surface area contributed by atoms with Crippen LogP contribution in [0.1, 0.15) is 10.4 Å². The molecule has 10 heteroatoms. The molecule has 0 bridgehead atoms. The predicted molar refractivity (Wildman–Crippen MR) is 102 cm³/mol. The molecule has 0 spiro atoms. The molecule has 0 saturated heterocycles. The average molecular weight is 457 g/mol. The van der Waals surface area contributed by atoms with E-state index >= 15 is 0 Å². The Morgan fingerprint density at radius 3 is 2.56 bits per heavy atom. The third kappa shape index (κ3) is 5.28. The molecule has 0 radical (unpaired) electrons. The van der Waals surface area contributed by atoms with Crippen LogP contribution in [0, 0.1) is 0 Å². The summed E-state index contributed by atoms with van der Waals surface area (Å²) in [5.74, 6) is -1.80. The van der Waals surface area contributed by atoms with Crippen molar-refractivity contribution in [2.24, 2.45) is 0 Å². The number of carbonyl (C=O) groups excluding carboxylic acids is 2. The number of esters is 1. The van der Waals surface area contributed by atoms with E-state index in [0.717, 1.165) is 4.31 Å². The number of hydrogen-bond donors (Lipinski definition) is 2. The number of anilines is 1. The van der Waals surface area contributed by atoms with Gasteiger partial charge in [-0.1, -0.05) is 22.0 Å². The van der Waals surface area contributed by atoms with Gasteiger partial charge in [0.1, 0.15) is 11.3 Å². The van der Waals surface area contributed by atoms with Gasteiger partial charge < -0.3 is 15.2 Å². The minimum absolute atomic E-state index is 0.0151. The number of nitrogens with one attached hydrogen (secondary N) is 1. The second kappa shape index (κ2) is 8.51. The summed E-state index contributed by atoms with van der Waals surface area (Å²) in [6.45, 7) is -0.602. The second-order valence-electron chi connectivity index (χ2n) is 5.60. The summed E-state index contributed by atoms with van der Waals surface area (Å²) < 4.78 is 30.7. The number of ether oxygens (including phenoxy) is 1. The van der Waals surface area contributed by atoms with Crippen LogP contribution in [0.15, 0.2) is 51.8 Å². The second-order valence-corrected chi connectivity index (χ2v) is 8.67. The van der Waals surface area contributed by atoms with Crippen LogP contribution in [0.2, 0.25) is 0 Å². The summed E-state index contributed by atoms with van der Waals surface area (Å²) in [5, 5.41) is 12.1. The number of amides is 1. The molecule has 0 heterocycles. The molecular weight excluding hydrogens is 440 g/mol. The number of aromatic hydroxyl groups is 1. The van der Waals surface area contributed by atoms with E-state index in [9.17, 15) is 23.1 Å². The largest absolute Gasteiger partial charge is 0.507 e. The van der Waals surface area contributed by atoms with Gasteiger partial charge in [-0.2, -0.15) is 0 Å². The Morgan fingerprint density at radius 1 is 1.19 bits per heavy atom. The standard InChI is InChI=1S/C17H17BrN2O6S/c1-20(2)27(24,25)13-5-3-4-12(9-13)19-16(22)10-26-17(23)14-8-11(18)6-7-15(14)21/h3-9,21H,10H2,1-2H3,(H,19,22). The van der Waals surface area contributed by atoms with Gasteiger partial charge in [-0.05, 0) is 36.4 Å². The molecule has 0 aliphatic carbocycles. The molecule has 0 aliphatic heterocycles. The fourth-order valence-electron chi connectivity index (χ4n) is 2.02. The lowest BCUT2D eigenvalue weighted by Crippen LogP contribution is -2.23. The number of rotatable bonds is 6. The lowest BCUT2D eigenvalue weighted by atomic mass is 10.2. The Labute approximate surface area is 164 Å². The van der Waals surface area contributed by atoms with Crippen LogP contribution in [-0.2, 0) is 19.6 Å². The zero-order valence-corrected chi connectivity index (χ0v) is 16.9. The number of carbonyl (C=O) groups is 2. The van der Waals surface area contributed by atoms with Crippen molar-refractivity contribution >= 4 is 43.5 Å². The smallest absolute Gasteiger partial charge is 0.342 e. The van der Waals surface area contributed by atoms with Crippen molar-refractivity contribution < 1.29 is 27.9 Å². The Kier molecular flexibility index (Phi) is 6.58. The summed E-state index contributed by atoms with van der Waals surface area (Å²) in [4.78, 5) is 24.0. The van der Waals surface area contributed by atoms with Gasteiger partial charge >= 0.3 is 5.97 Å². The highest BCUT2D eigenvalue weighted by atomic mass is 79.9. The van der Waals surface area contributed by atoms with Crippen molar-refractivity contribution in [3.8, 4) is 5.75 Å². The number of hydrogen-bond acceptors (Lipinski definition) is 6. The summed E-state index contributed by atoms with van der Waals surface area (Å²) >= 11 is 3.17. The fourth-order valence-corrected chi connectivity index (χ4v) is 3.33. The number of phenols is 1. The van der Waals surface area contributed by atoms with Gasteiger partial charge in [0.2, 0.25) is 10.0 Å². The van der Waals surface area contributed by atoms with E-state index in [1.165, 1.54) is 50.5 Å². The first-order valence-electron chi connectivity index (χ1n) is 7.59. The van der Waals surface area contributed by atoms with E-state index in [2.05, 4.69) is 21.2 Å². The highest BCUT2D eigenvalue weighted by molar-refractivity contribution is 9.10. The Hall–Kier alpha value is -2.43. The minimum atomic E-state index is -3.64. The van der Waals surface area contributed by atoms with Gasteiger partial charge in [-0.3, -0.25) is 4.79 Å². The molecule has 0 fully saturated rings. The average Bonchev–Trinajstić information content (AvgIpc) is 2.61. The van der Waals surface area contributed by atoms with Crippen molar-refractivity contribution in [1.82, 2.24) is 4.31 Å². The minimum Gasteiger partial charge on any atom is -0.507 e. The summed E-state index contributed by atoms with van der Waals surface area (Å²) in [5.41, 5.74) is 0.153. The topological polar surface area (TPSA) is 113 Å². The molecule has 2 rings (SSSR count). The van der Waals surface area contributed by atoms with E-state index < -0.39 is 28.5 Å². The normalized spacial score (nSPS) is 11.3. The highest BCUT2D eigenvalue weighted by Crippen LogP contribution is 2.22. The molecule has 0 saturated carbocycles. The zero-order chi connectivity index (χ0) is 20.2. The van der Waals surface area contributed by atoms with Crippen molar-refractivity contribution in [2.45, 2.75) is 4.90 Å². The number of nitrogens with zero attached hydrogens (tertiary/aromatic N) is 1. The quantitative estimate of drug-likeness (QED) is 0.644. The first kappa shape index (κ1) is 20.9. The molecule has 1 amide bonds. The van der Waals surface area contributed by atoms with E-state index in [1.54, 1.807) is 6.07 Å². The third-order valence-corrected chi connectivity index (χ3v) is 5.71. The molecule has 8 nitrogen and oxygen atoms in total. The Balaban J connectivity index is 2.02.